The Kier molecular flexibility index (Phi) is 3.91. The second-order valence-electron chi connectivity index (χ2n) is 4.75. The summed E-state index contributed by atoms with van der Waals surface area (Å²) in [5.41, 5.74) is 1.11. The van der Waals surface area contributed by atoms with Crippen molar-refractivity contribution in [2.75, 3.05) is 5.75 Å². The zero-order chi connectivity index (χ0) is 13.2. The monoisotopic (exact) mass is 293 g/mol. The normalized spacial score (nSPS) is 20.0. The van der Waals surface area contributed by atoms with Crippen LogP contribution in [0.5, 0.6) is 0 Å². The van der Waals surface area contributed by atoms with Crippen LogP contribution >= 0.6 is 23.1 Å². The van der Waals surface area contributed by atoms with Gasteiger partial charge in [0.2, 0.25) is 0 Å². The van der Waals surface area contributed by atoms with Gasteiger partial charge < -0.3 is 5.32 Å². The van der Waals surface area contributed by atoms with Gasteiger partial charge in [0.25, 0.3) is 0 Å². The summed E-state index contributed by atoms with van der Waals surface area (Å²) in [6.45, 7) is 2.17. The van der Waals surface area contributed by atoms with E-state index in [1.54, 1.807) is 29.2 Å². The molecule has 0 saturated heterocycles. The molecule has 0 radical (unpaired) electrons. The lowest BCUT2D eigenvalue weighted by Gasteiger charge is -2.28. The topological polar surface area (TPSA) is 12.0 Å². The van der Waals surface area contributed by atoms with Crippen LogP contribution in [0.15, 0.2) is 40.6 Å². The van der Waals surface area contributed by atoms with E-state index >= 15 is 0 Å². The maximum absolute atomic E-state index is 13.8. The summed E-state index contributed by atoms with van der Waals surface area (Å²) in [7, 11) is 0. The number of nitrogens with one attached hydrogen (secondary N) is 1. The molecule has 1 unspecified atom stereocenters. The largest absolute Gasteiger partial charge is 0.303 e. The van der Waals surface area contributed by atoms with Gasteiger partial charge in [-0.05, 0) is 42.2 Å². The van der Waals surface area contributed by atoms with Crippen molar-refractivity contribution in [2.24, 2.45) is 0 Å². The first-order valence-corrected chi connectivity index (χ1v) is 8.33. The summed E-state index contributed by atoms with van der Waals surface area (Å²) in [6.07, 6.45) is 1.05. The lowest BCUT2D eigenvalue weighted by atomic mass is 10.0. The lowest BCUT2D eigenvalue weighted by Crippen LogP contribution is -2.27. The molecule has 2 aromatic rings. The molecule has 100 valence electrons. The van der Waals surface area contributed by atoms with Crippen molar-refractivity contribution in [3.05, 3.63) is 52.0 Å². The zero-order valence-electron chi connectivity index (χ0n) is 10.7. The number of hydrogen-bond acceptors (Lipinski definition) is 3. The summed E-state index contributed by atoms with van der Waals surface area (Å²) in [5, 5.41) is 5.73. The molecule has 0 aliphatic carbocycles. The maximum Gasteiger partial charge on any atom is 0.137 e. The first kappa shape index (κ1) is 13.2. The molecular formula is C15H16FNS2. The van der Waals surface area contributed by atoms with Gasteiger partial charge in [-0.3, -0.25) is 0 Å². The SMILES string of the molecule is C[C@@H](NC1CCSc2c(F)cccc21)c1cccs1. The van der Waals surface area contributed by atoms with Crippen LogP contribution in [0.25, 0.3) is 0 Å². The Hall–Kier alpha value is -0.840. The highest BCUT2D eigenvalue weighted by Gasteiger charge is 2.24. The molecular weight excluding hydrogens is 277 g/mol. The molecule has 0 amide bonds. The van der Waals surface area contributed by atoms with E-state index in [1.807, 2.05) is 12.1 Å². The van der Waals surface area contributed by atoms with Gasteiger partial charge in [-0.2, -0.15) is 0 Å². The van der Waals surface area contributed by atoms with E-state index in [-0.39, 0.29) is 11.9 Å². The molecule has 1 aromatic heterocycles. The minimum absolute atomic E-state index is 0.0854. The fraction of sp³-hybridized carbons (Fsp3) is 0.333. The van der Waals surface area contributed by atoms with Crippen molar-refractivity contribution in [1.29, 1.82) is 0 Å². The van der Waals surface area contributed by atoms with Gasteiger partial charge in [0.15, 0.2) is 0 Å². The Morgan fingerprint density at radius 1 is 1.32 bits per heavy atom. The van der Waals surface area contributed by atoms with Crippen molar-refractivity contribution >= 4 is 23.1 Å². The van der Waals surface area contributed by atoms with Gasteiger partial charge in [0, 0.05) is 21.9 Å². The van der Waals surface area contributed by atoms with E-state index in [1.165, 1.54) is 4.88 Å². The molecule has 1 N–H and O–H groups in total. The van der Waals surface area contributed by atoms with Crippen LogP contribution < -0.4 is 5.32 Å². The number of fused-ring (bicyclic) bond motifs is 1. The third-order valence-corrected chi connectivity index (χ3v) is 5.66. The fourth-order valence-corrected chi connectivity index (χ4v) is 4.37. The molecule has 1 aliphatic heterocycles. The van der Waals surface area contributed by atoms with Crippen molar-refractivity contribution in [3.8, 4) is 0 Å². The molecule has 4 heteroatoms. The van der Waals surface area contributed by atoms with Crippen molar-refractivity contribution in [3.63, 3.8) is 0 Å². The van der Waals surface area contributed by atoms with Crippen molar-refractivity contribution in [2.45, 2.75) is 30.3 Å². The second-order valence-corrected chi connectivity index (χ2v) is 6.84. The maximum atomic E-state index is 13.8. The smallest absolute Gasteiger partial charge is 0.137 e. The van der Waals surface area contributed by atoms with Crippen LogP contribution in [0.4, 0.5) is 4.39 Å². The molecule has 0 saturated carbocycles. The molecule has 1 nitrogen and oxygen atoms in total. The van der Waals surface area contributed by atoms with E-state index in [2.05, 4.69) is 29.8 Å². The molecule has 0 spiro atoms. The van der Waals surface area contributed by atoms with Gasteiger partial charge in [0.05, 0.1) is 0 Å². The lowest BCUT2D eigenvalue weighted by molar-refractivity contribution is 0.447. The van der Waals surface area contributed by atoms with Gasteiger partial charge in [0.1, 0.15) is 5.82 Å². The summed E-state index contributed by atoms with van der Waals surface area (Å²) < 4.78 is 13.8. The average Bonchev–Trinajstić information content (AvgIpc) is 2.94. The van der Waals surface area contributed by atoms with E-state index in [4.69, 9.17) is 0 Å². The number of rotatable bonds is 3. The minimum Gasteiger partial charge on any atom is -0.303 e. The first-order chi connectivity index (χ1) is 9.25. The summed E-state index contributed by atoms with van der Waals surface area (Å²) >= 11 is 3.39. The van der Waals surface area contributed by atoms with Crippen LogP contribution in [0, 0.1) is 5.82 Å². The van der Waals surface area contributed by atoms with Crippen LogP contribution in [-0.4, -0.2) is 5.75 Å². The second kappa shape index (κ2) is 5.65. The number of benzene rings is 1. The Balaban J connectivity index is 1.82. The molecule has 2 atom stereocenters. The zero-order valence-corrected chi connectivity index (χ0v) is 12.4. The van der Waals surface area contributed by atoms with Crippen LogP contribution in [-0.2, 0) is 0 Å². The van der Waals surface area contributed by atoms with Crippen molar-refractivity contribution < 1.29 is 4.39 Å². The predicted molar refractivity (Wildman–Crippen MR) is 80.4 cm³/mol. The first-order valence-electron chi connectivity index (χ1n) is 6.46. The summed E-state index contributed by atoms with van der Waals surface area (Å²) in [5.74, 6) is 0.890. The van der Waals surface area contributed by atoms with E-state index in [0.29, 0.717) is 6.04 Å². The quantitative estimate of drug-likeness (QED) is 0.874. The molecule has 0 bridgehead atoms. The van der Waals surface area contributed by atoms with Gasteiger partial charge >= 0.3 is 0 Å². The van der Waals surface area contributed by atoms with Crippen molar-refractivity contribution in [1.82, 2.24) is 5.32 Å². The Labute approximate surface area is 121 Å². The van der Waals surface area contributed by atoms with Crippen LogP contribution in [0.3, 0.4) is 0 Å². The highest BCUT2D eigenvalue weighted by atomic mass is 32.2. The number of thiophene rings is 1. The van der Waals surface area contributed by atoms with Gasteiger partial charge in [-0.15, -0.1) is 23.1 Å². The van der Waals surface area contributed by atoms with Gasteiger partial charge in [-0.25, -0.2) is 4.39 Å². The molecule has 1 aromatic carbocycles. The molecule has 2 heterocycles. The van der Waals surface area contributed by atoms with Crippen LogP contribution in [0.2, 0.25) is 0 Å². The average molecular weight is 293 g/mol. The third-order valence-electron chi connectivity index (χ3n) is 3.45. The summed E-state index contributed by atoms with van der Waals surface area (Å²) in [6, 6.07) is 10.2. The molecule has 1 aliphatic rings. The Morgan fingerprint density at radius 2 is 2.21 bits per heavy atom. The third kappa shape index (κ3) is 2.71. The van der Waals surface area contributed by atoms with E-state index in [9.17, 15) is 4.39 Å². The number of halogens is 1. The van der Waals surface area contributed by atoms with Gasteiger partial charge in [-0.1, -0.05) is 18.2 Å². The molecule has 3 rings (SSSR count). The van der Waals surface area contributed by atoms with Crippen LogP contribution in [0.1, 0.15) is 35.9 Å². The van der Waals surface area contributed by atoms with E-state index < -0.39 is 0 Å². The molecule has 0 fully saturated rings. The Bertz CT molecular complexity index is 553. The number of hydrogen-bond donors (Lipinski definition) is 1. The standard InChI is InChI=1S/C15H16FNS2/c1-10(14-6-3-8-18-14)17-13-7-9-19-15-11(13)4-2-5-12(15)16/h2-6,8,10,13,17H,7,9H2,1H3/t10-,13?/m1/s1. The highest BCUT2D eigenvalue weighted by molar-refractivity contribution is 7.99. The fourth-order valence-electron chi connectivity index (χ4n) is 2.48. The summed E-state index contributed by atoms with van der Waals surface area (Å²) in [4.78, 5) is 2.15. The van der Waals surface area contributed by atoms with E-state index in [0.717, 1.165) is 22.6 Å². The minimum atomic E-state index is -0.0854. The Morgan fingerprint density at radius 3 is 3.00 bits per heavy atom. The molecule has 19 heavy (non-hydrogen) atoms. The highest BCUT2D eigenvalue weighted by Crippen LogP contribution is 2.38. The number of thioether (sulfide) groups is 1. The predicted octanol–water partition coefficient (Wildman–Crippen LogP) is 4.77.